The molecule has 7 heteroatoms. The van der Waals surface area contributed by atoms with E-state index in [9.17, 15) is 10.1 Å². The summed E-state index contributed by atoms with van der Waals surface area (Å²) in [4.78, 5) is 17.2. The number of ether oxygens (including phenoxy) is 1. The molecule has 0 N–H and O–H groups in total. The number of nitriles is 1. The maximum Gasteiger partial charge on any atom is 0.229 e. The van der Waals surface area contributed by atoms with E-state index in [0.717, 1.165) is 20.8 Å². The maximum atomic E-state index is 13.2. The summed E-state index contributed by atoms with van der Waals surface area (Å²) < 4.78 is 6.42. The van der Waals surface area contributed by atoms with Crippen LogP contribution in [0.1, 0.15) is 29.0 Å². The van der Waals surface area contributed by atoms with Gasteiger partial charge in [-0.1, -0.05) is 45.9 Å². The van der Waals surface area contributed by atoms with Gasteiger partial charge in [0.05, 0.1) is 36.3 Å². The predicted octanol–water partition coefficient (Wildman–Crippen LogP) is 5.29. The molecule has 1 amide bonds. The molecular formula is C23H22BrN3O2S. The summed E-state index contributed by atoms with van der Waals surface area (Å²) in [7, 11) is 1.61. The van der Waals surface area contributed by atoms with Crippen molar-refractivity contribution < 1.29 is 9.53 Å². The van der Waals surface area contributed by atoms with Crippen molar-refractivity contribution in [3.05, 3.63) is 68.2 Å². The number of fused-ring (bicyclic) bond motifs is 1. The SMILES string of the molecule is COc1ccc(Br)cc1[C@@H]1CC(=O)N2CN(c3c(C)cccc3C)CSC2=C1C#N. The van der Waals surface area contributed by atoms with Crippen LogP contribution in [0.2, 0.25) is 0 Å². The van der Waals surface area contributed by atoms with E-state index in [0.29, 0.717) is 23.9 Å². The van der Waals surface area contributed by atoms with Gasteiger partial charge in [0, 0.05) is 28.1 Å². The smallest absolute Gasteiger partial charge is 0.229 e. The van der Waals surface area contributed by atoms with Gasteiger partial charge < -0.3 is 9.64 Å². The summed E-state index contributed by atoms with van der Waals surface area (Å²) in [6.07, 6.45) is 0.250. The molecule has 154 valence electrons. The number of hydrogen-bond donors (Lipinski definition) is 0. The first-order valence-corrected chi connectivity index (χ1v) is 11.4. The summed E-state index contributed by atoms with van der Waals surface area (Å²) in [6, 6.07) is 14.3. The van der Waals surface area contributed by atoms with Crippen molar-refractivity contribution in [3.8, 4) is 11.8 Å². The normalized spacial score (nSPS) is 18.9. The quantitative estimate of drug-likeness (QED) is 0.593. The van der Waals surface area contributed by atoms with E-state index in [-0.39, 0.29) is 18.2 Å². The number of carbonyl (C=O) groups is 1. The average Bonchev–Trinajstić information content (AvgIpc) is 2.73. The highest BCUT2D eigenvalue weighted by atomic mass is 79.9. The van der Waals surface area contributed by atoms with Crippen LogP contribution in [0.15, 0.2) is 51.5 Å². The number of para-hydroxylation sites is 1. The van der Waals surface area contributed by atoms with Crippen LogP contribution >= 0.6 is 27.7 Å². The van der Waals surface area contributed by atoms with E-state index in [2.05, 4.69) is 52.9 Å². The van der Waals surface area contributed by atoms with E-state index >= 15 is 0 Å². The molecule has 0 spiro atoms. The molecular weight excluding hydrogens is 462 g/mol. The van der Waals surface area contributed by atoms with Crippen LogP contribution in [-0.2, 0) is 4.79 Å². The molecule has 2 heterocycles. The van der Waals surface area contributed by atoms with E-state index in [1.165, 1.54) is 11.1 Å². The molecule has 0 saturated carbocycles. The van der Waals surface area contributed by atoms with Gasteiger partial charge in [-0.2, -0.15) is 5.26 Å². The van der Waals surface area contributed by atoms with Crippen molar-refractivity contribution in [3.63, 3.8) is 0 Å². The highest BCUT2D eigenvalue weighted by Crippen LogP contribution is 2.46. The third-order valence-corrected chi connectivity index (χ3v) is 7.26. The number of thioether (sulfide) groups is 1. The first-order chi connectivity index (χ1) is 14.4. The Hall–Kier alpha value is -2.43. The molecule has 0 bridgehead atoms. The lowest BCUT2D eigenvalue weighted by atomic mass is 9.86. The number of nitrogens with zero attached hydrogens (tertiary/aromatic N) is 3. The van der Waals surface area contributed by atoms with Crippen LogP contribution in [0.4, 0.5) is 5.69 Å². The summed E-state index contributed by atoms with van der Waals surface area (Å²) in [6.45, 7) is 4.64. The van der Waals surface area contributed by atoms with Gasteiger partial charge in [-0.25, -0.2) is 0 Å². The van der Waals surface area contributed by atoms with E-state index in [4.69, 9.17) is 4.74 Å². The number of carbonyl (C=O) groups excluding carboxylic acids is 1. The first-order valence-electron chi connectivity index (χ1n) is 9.66. The number of hydrogen-bond acceptors (Lipinski definition) is 5. The van der Waals surface area contributed by atoms with Crippen LogP contribution in [0.25, 0.3) is 0 Å². The number of aryl methyl sites for hydroxylation is 2. The summed E-state index contributed by atoms with van der Waals surface area (Å²) in [5.74, 6) is 1.11. The topological polar surface area (TPSA) is 56.6 Å². The number of amides is 1. The number of benzene rings is 2. The van der Waals surface area contributed by atoms with Gasteiger partial charge in [0.15, 0.2) is 0 Å². The maximum absolute atomic E-state index is 13.2. The zero-order chi connectivity index (χ0) is 21.4. The molecule has 0 aromatic heterocycles. The fraction of sp³-hybridized carbons (Fsp3) is 0.304. The van der Waals surface area contributed by atoms with Gasteiger partial charge in [-0.15, -0.1) is 0 Å². The van der Waals surface area contributed by atoms with Gasteiger partial charge in [-0.3, -0.25) is 9.69 Å². The second-order valence-electron chi connectivity index (χ2n) is 7.49. The third-order valence-electron chi connectivity index (χ3n) is 5.62. The van der Waals surface area contributed by atoms with E-state index in [1.54, 1.807) is 23.8 Å². The lowest BCUT2D eigenvalue weighted by Gasteiger charge is -2.43. The largest absolute Gasteiger partial charge is 0.496 e. The van der Waals surface area contributed by atoms with Gasteiger partial charge in [-0.05, 0) is 43.2 Å². The monoisotopic (exact) mass is 483 g/mol. The number of methoxy groups -OCH3 is 1. The van der Waals surface area contributed by atoms with Crippen molar-refractivity contribution in [2.75, 3.05) is 24.6 Å². The molecule has 2 aromatic rings. The fourth-order valence-electron chi connectivity index (χ4n) is 4.25. The number of rotatable bonds is 3. The molecule has 2 aromatic carbocycles. The lowest BCUT2D eigenvalue weighted by molar-refractivity contribution is -0.129. The molecule has 1 fully saturated rings. The van der Waals surface area contributed by atoms with Crippen LogP contribution in [0.5, 0.6) is 5.75 Å². The molecule has 5 nitrogen and oxygen atoms in total. The molecule has 30 heavy (non-hydrogen) atoms. The van der Waals surface area contributed by atoms with Crippen LogP contribution in [0, 0.1) is 25.2 Å². The Labute approximate surface area is 189 Å². The summed E-state index contributed by atoms with van der Waals surface area (Å²) in [5, 5.41) is 10.8. The summed E-state index contributed by atoms with van der Waals surface area (Å²) in [5.41, 5.74) is 5.03. The fourth-order valence-corrected chi connectivity index (χ4v) is 5.78. The lowest BCUT2D eigenvalue weighted by Crippen LogP contribution is -2.47. The Bertz CT molecular complexity index is 1070. The van der Waals surface area contributed by atoms with E-state index in [1.807, 2.05) is 24.3 Å². The standard InChI is InChI=1S/C23H22BrN3O2S/c1-14-5-4-6-15(2)22(14)26-12-27-21(28)10-17(19(11-25)23(27)30-13-26)18-9-16(24)7-8-20(18)29-3/h4-9,17H,10,12-13H2,1-3H3/t17-/m0/s1. The highest BCUT2D eigenvalue weighted by molar-refractivity contribution is 9.10. The van der Waals surface area contributed by atoms with Crippen LogP contribution < -0.4 is 9.64 Å². The van der Waals surface area contributed by atoms with Crippen molar-refractivity contribution >= 4 is 39.3 Å². The first kappa shape index (κ1) is 20.8. The van der Waals surface area contributed by atoms with E-state index < -0.39 is 0 Å². The molecule has 0 unspecified atom stereocenters. The Morgan fingerprint density at radius 3 is 2.63 bits per heavy atom. The van der Waals surface area contributed by atoms with Crippen molar-refractivity contribution in [1.82, 2.24) is 4.90 Å². The number of allylic oxidation sites excluding steroid dienone is 1. The molecule has 1 saturated heterocycles. The zero-order valence-electron chi connectivity index (χ0n) is 17.1. The minimum atomic E-state index is -0.305. The molecule has 4 rings (SSSR count). The molecule has 0 aliphatic carbocycles. The predicted molar refractivity (Wildman–Crippen MR) is 123 cm³/mol. The Morgan fingerprint density at radius 2 is 1.97 bits per heavy atom. The molecule has 2 aliphatic heterocycles. The van der Waals surface area contributed by atoms with Gasteiger partial charge in [0.2, 0.25) is 5.91 Å². The summed E-state index contributed by atoms with van der Waals surface area (Å²) >= 11 is 5.06. The van der Waals surface area contributed by atoms with Crippen LogP contribution in [0.3, 0.4) is 0 Å². The second-order valence-corrected chi connectivity index (χ2v) is 9.34. The Morgan fingerprint density at radius 1 is 1.23 bits per heavy atom. The zero-order valence-corrected chi connectivity index (χ0v) is 19.5. The Balaban J connectivity index is 1.73. The van der Waals surface area contributed by atoms with Crippen molar-refractivity contribution in [1.29, 1.82) is 5.26 Å². The molecule has 1 atom stereocenters. The van der Waals surface area contributed by atoms with Gasteiger partial charge >= 0.3 is 0 Å². The van der Waals surface area contributed by atoms with Crippen molar-refractivity contribution in [2.45, 2.75) is 26.2 Å². The highest BCUT2D eigenvalue weighted by Gasteiger charge is 2.39. The van der Waals surface area contributed by atoms with Gasteiger partial charge in [0.25, 0.3) is 0 Å². The Kier molecular flexibility index (Phi) is 5.81. The number of halogens is 1. The minimum absolute atomic E-state index is 0.0273. The minimum Gasteiger partial charge on any atom is -0.496 e. The third kappa shape index (κ3) is 3.59. The number of anilines is 1. The average molecular weight is 484 g/mol. The van der Waals surface area contributed by atoms with Crippen LogP contribution in [-0.4, -0.2) is 30.5 Å². The van der Waals surface area contributed by atoms with Crippen molar-refractivity contribution in [2.24, 2.45) is 0 Å². The second kappa shape index (κ2) is 8.37. The molecule has 0 radical (unpaired) electrons. The van der Waals surface area contributed by atoms with Gasteiger partial charge in [0.1, 0.15) is 5.75 Å². The molecule has 2 aliphatic rings.